The highest BCUT2D eigenvalue weighted by atomic mass is 127. The first-order chi connectivity index (χ1) is 13.9. The van der Waals surface area contributed by atoms with Crippen LogP contribution < -0.4 is 10.6 Å². The zero-order chi connectivity index (χ0) is 20.9. The van der Waals surface area contributed by atoms with Gasteiger partial charge in [-0.15, -0.1) is 24.0 Å². The summed E-state index contributed by atoms with van der Waals surface area (Å²) in [6.07, 6.45) is 1.18. The number of rotatable bonds is 7. The molecule has 9 heteroatoms. The van der Waals surface area contributed by atoms with Crippen LogP contribution in [-0.2, 0) is 10.3 Å². The summed E-state index contributed by atoms with van der Waals surface area (Å²) in [5, 5.41) is 17.9. The fourth-order valence-corrected chi connectivity index (χ4v) is 5.69. The fraction of sp³-hybridized carbons (Fsp3) is 0.762. The van der Waals surface area contributed by atoms with E-state index in [1.807, 2.05) is 31.7 Å². The lowest BCUT2D eigenvalue weighted by Crippen LogP contribution is -2.60. The minimum Gasteiger partial charge on any atom is -0.466 e. The number of aryl methyl sites for hydroxylation is 2. The van der Waals surface area contributed by atoms with Crippen molar-refractivity contribution >= 4 is 41.7 Å². The normalized spacial score (nSPS) is 24.9. The second kappa shape index (κ2) is 11.4. The molecule has 0 saturated carbocycles. The molecular formula is C21H37IN4O3S. The third-order valence-corrected chi connectivity index (χ3v) is 7.09. The lowest BCUT2D eigenvalue weighted by Gasteiger charge is -2.43. The van der Waals surface area contributed by atoms with Crippen LogP contribution in [-0.4, -0.2) is 78.9 Å². The van der Waals surface area contributed by atoms with Crippen LogP contribution in [0, 0.1) is 13.8 Å². The number of thioether (sulfide) groups is 1. The minimum absolute atomic E-state index is 0. The highest BCUT2D eigenvalue weighted by molar-refractivity contribution is 14.0. The van der Waals surface area contributed by atoms with Gasteiger partial charge in [-0.1, -0.05) is 0 Å². The molecule has 2 fully saturated rings. The molecule has 172 valence electrons. The molecule has 1 aromatic heterocycles. The SMILES string of the molecule is CCNC(=NCC(C)(O)c1cc(C)oc1C)NCC1(N2CCOCC2)CCSC1.I. The predicted molar refractivity (Wildman–Crippen MR) is 134 cm³/mol. The van der Waals surface area contributed by atoms with Crippen LogP contribution in [0.25, 0.3) is 0 Å². The first kappa shape index (κ1) is 25.8. The van der Waals surface area contributed by atoms with Crippen molar-refractivity contribution in [3.8, 4) is 0 Å². The number of morpholine rings is 1. The number of halogens is 1. The molecule has 2 saturated heterocycles. The van der Waals surface area contributed by atoms with Crippen LogP contribution in [0.5, 0.6) is 0 Å². The molecule has 0 amide bonds. The van der Waals surface area contributed by atoms with E-state index in [0.717, 1.165) is 68.2 Å². The van der Waals surface area contributed by atoms with Gasteiger partial charge < -0.3 is 24.9 Å². The monoisotopic (exact) mass is 552 g/mol. The summed E-state index contributed by atoms with van der Waals surface area (Å²) in [5.41, 5.74) is -0.132. The molecule has 3 rings (SSSR count). The van der Waals surface area contributed by atoms with E-state index in [-0.39, 0.29) is 36.1 Å². The summed E-state index contributed by atoms with van der Waals surface area (Å²) >= 11 is 2.03. The van der Waals surface area contributed by atoms with E-state index in [0.29, 0.717) is 0 Å². The highest BCUT2D eigenvalue weighted by Gasteiger charge is 2.40. The molecule has 30 heavy (non-hydrogen) atoms. The molecule has 0 bridgehead atoms. The van der Waals surface area contributed by atoms with Crippen molar-refractivity contribution < 1.29 is 14.3 Å². The molecule has 3 N–H and O–H groups in total. The zero-order valence-electron chi connectivity index (χ0n) is 18.6. The van der Waals surface area contributed by atoms with Crippen molar-refractivity contribution in [3.05, 3.63) is 23.2 Å². The second-order valence-electron chi connectivity index (χ2n) is 8.28. The molecule has 2 unspecified atom stereocenters. The van der Waals surface area contributed by atoms with E-state index in [2.05, 4.69) is 22.5 Å². The molecule has 7 nitrogen and oxygen atoms in total. The summed E-state index contributed by atoms with van der Waals surface area (Å²) in [7, 11) is 0. The van der Waals surface area contributed by atoms with E-state index in [4.69, 9.17) is 14.1 Å². The molecule has 2 atom stereocenters. The van der Waals surface area contributed by atoms with Crippen LogP contribution in [0.15, 0.2) is 15.5 Å². The third kappa shape index (κ3) is 6.27. The Morgan fingerprint density at radius 2 is 2.07 bits per heavy atom. The quantitative estimate of drug-likeness (QED) is 0.273. The topological polar surface area (TPSA) is 82.3 Å². The number of aliphatic imine (C=N–C) groups is 1. The largest absolute Gasteiger partial charge is 0.466 e. The number of hydrogen-bond acceptors (Lipinski definition) is 6. The van der Waals surface area contributed by atoms with E-state index in [1.54, 1.807) is 6.92 Å². The van der Waals surface area contributed by atoms with Crippen molar-refractivity contribution in [2.45, 2.75) is 45.3 Å². The molecule has 3 heterocycles. The number of ether oxygens (including phenoxy) is 1. The Balaban J connectivity index is 0.00000320. The van der Waals surface area contributed by atoms with Crippen LogP contribution in [0.2, 0.25) is 0 Å². The van der Waals surface area contributed by atoms with Gasteiger partial charge in [0.15, 0.2) is 5.96 Å². The third-order valence-electron chi connectivity index (χ3n) is 5.86. The Morgan fingerprint density at radius 3 is 2.63 bits per heavy atom. The van der Waals surface area contributed by atoms with E-state index in [9.17, 15) is 5.11 Å². The van der Waals surface area contributed by atoms with Crippen molar-refractivity contribution in [2.24, 2.45) is 4.99 Å². The van der Waals surface area contributed by atoms with Crippen LogP contribution in [0.3, 0.4) is 0 Å². The fourth-order valence-electron chi connectivity index (χ4n) is 4.21. The molecule has 2 aliphatic heterocycles. The number of furan rings is 1. The lowest BCUT2D eigenvalue weighted by molar-refractivity contribution is -0.0120. The van der Waals surface area contributed by atoms with Crippen LogP contribution in [0.1, 0.15) is 37.4 Å². The molecule has 1 aromatic rings. The Kier molecular flexibility index (Phi) is 9.79. The number of nitrogens with one attached hydrogen (secondary N) is 2. The number of aliphatic hydroxyl groups is 1. The van der Waals surface area contributed by atoms with E-state index in [1.165, 1.54) is 12.2 Å². The summed E-state index contributed by atoms with van der Waals surface area (Å²) in [4.78, 5) is 7.29. The Hall–Kier alpha value is -0.490. The number of hydrogen-bond donors (Lipinski definition) is 3. The number of nitrogens with zero attached hydrogens (tertiary/aromatic N) is 2. The van der Waals surface area contributed by atoms with Gasteiger partial charge in [-0.3, -0.25) is 4.90 Å². The van der Waals surface area contributed by atoms with Gasteiger partial charge >= 0.3 is 0 Å². The maximum absolute atomic E-state index is 11.0. The van der Waals surface area contributed by atoms with Gasteiger partial charge in [0.05, 0.1) is 19.8 Å². The Labute approximate surface area is 201 Å². The molecule has 0 aliphatic carbocycles. The average molecular weight is 553 g/mol. The molecule has 0 spiro atoms. The average Bonchev–Trinajstić information content (AvgIpc) is 3.32. The molecule has 0 aromatic carbocycles. The zero-order valence-corrected chi connectivity index (χ0v) is 21.8. The van der Waals surface area contributed by atoms with Gasteiger partial charge in [0, 0.05) is 43.0 Å². The van der Waals surface area contributed by atoms with Gasteiger partial charge in [-0.05, 0) is 45.9 Å². The molecular weight excluding hydrogens is 515 g/mol. The summed E-state index contributed by atoms with van der Waals surface area (Å²) in [5.74, 6) is 4.62. The smallest absolute Gasteiger partial charge is 0.191 e. The van der Waals surface area contributed by atoms with Gasteiger partial charge in [-0.2, -0.15) is 11.8 Å². The standard InChI is InChI=1S/C21H36N4O3S.HI/c1-5-22-19(23-13-20(4,26)18-12-16(2)28-17(18)3)24-14-21(6-11-29-15-21)25-7-9-27-10-8-25;/h12,26H,5-11,13-15H2,1-4H3,(H2,22,23,24);1H. The van der Waals surface area contributed by atoms with Crippen molar-refractivity contribution in [3.63, 3.8) is 0 Å². The van der Waals surface area contributed by atoms with Gasteiger partial charge in [-0.25, -0.2) is 4.99 Å². The summed E-state index contributed by atoms with van der Waals surface area (Å²) in [6.45, 7) is 13.1. The van der Waals surface area contributed by atoms with E-state index < -0.39 is 5.60 Å². The number of guanidine groups is 1. The first-order valence-electron chi connectivity index (χ1n) is 10.6. The lowest BCUT2D eigenvalue weighted by atomic mass is 9.95. The van der Waals surface area contributed by atoms with Crippen LogP contribution >= 0.6 is 35.7 Å². The minimum atomic E-state index is -1.07. The summed E-state index contributed by atoms with van der Waals surface area (Å²) in [6, 6.07) is 1.90. The first-order valence-corrected chi connectivity index (χ1v) is 11.7. The summed E-state index contributed by atoms with van der Waals surface area (Å²) < 4.78 is 11.2. The van der Waals surface area contributed by atoms with Crippen molar-refractivity contribution in [2.75, 3.05) is 57.4 Å². The Bertz CT molecular complexity index is 698. The van der Waals surface area contributed by atoms with Gasteiger partial charge in [0.1, 0.15) is 17.1 Å². The van der Waals surface area contributed by atoms with Gasteiger partial charge in [0.25, 0.3) is 0 Å². The second-order valence-corrected chi connectivity index (χ2v) is 9.38. The Morgan fingerprint density at radius 1 is 1.33 bits per heavy atom. The van der Waals surface area contributed by atoms with Crippen molar-refractivity contribution in [1.82, 2.24) is 15.5 Å². The molecule has 2 aliphatic rings. The van der Waals surface area contributed by atoms with E-state index >= 15 is 0 Å². The van der Waals surface area contributed by atoms with Crippen molar-refractivity contribution in [1.29, 1.82) is 0 Å². The molecule has 0 radical (unpaired) electrons. The van der Waals surface area contributed by atoms with Gasteiger partial charge in [0.2, 0.25) is 0 Å². The maximum atomic E-state index is 11.0. The highest BCUT2D eigenvalue weighted by Crippen LogP contribution is 2.33. The maximum Gasteiger partial charge on any atom is 0.191 e. The van der Waals surface area contributed by atoms with Crippen LogP contribution in [0.4, 0.5) is 0 Å². The predicted octanol–water partition coefficient (Wildman–Crippen LogP) is 2.48.